The van der Waals surface area contributed by atoms with Crippen molar-refractivity contribution in [2.45, 2.75) is 65.0 Å². The number of nitrogens with one attached hydrogen (secondary N) is 1. The average Bonchev–Trinajstić information content (AvgIpc) is 2.48. The first-order valence-corrected chi connectivity index (χ1v) is 8.47. The summed E-state index contributed by atoms with van der Waals surface area (Å²) in [6.07, 6.45) is 6.14. The minimum atomic E-state index is -0.0817. The number of hydrogen-bond donors (Lipinski definition) is 1. The Morgan fingerprint density at radius 3 is 2.86 bits per heavy atom. The van der Waals surface area contributed by atoms with Gasteiger partial charge in [0, 0.05) is 29.9 Å². The third-order valence-electron chi connectivity index (χ3n) is 4.53. The second kappa shape index (κ2) is 7.79. The van der Waals surface area contributed by atoms with Crippen LogP contribution < -0.4 is 10.2 Å². The lowest BCUT2D eigenvalue weighted by Crippen LogP contribution is -2.40. The van der Waals surface area contributed by atoms with Crippen molar-refractivity contribution in [1.29, 1.82) is 0 Å². The molecule has 0 spiro atoms. The number of halogens is 1. The summed E-state index contributed by atoms with van der Waals surface area (Å²) in [6, 6.07) is 6.16. The van der Waals surface area contributed by atoms with E-state index in [1.54, 1.807) is 6.07 Å². The van der Waals surface area contributed by atoms with Crippen LogP contribution in [-0.2, 0) is 0 Å². The molecule has 1 N–H and O–H groups in total. The SMILES string of the molecule is CCCC1CCCCN1c1cccc(F)c1C(C)NCC. The topological polar surface area (TPSA) is 15.3 Å². The Labute approximate surface area is 128 Å². The molecule has 0 aliphatic carbocycles. The van der Waals surface area contributed by atoms with Gasteiger partial charge in [0.1, 0.15) is 5.82 Å². The van der Waals surface area contributed by atoms with Crippen molar-refractivity contribution in [2.75, 3.05) is 18.0 Å². The van der Waals surface area contributed by atoms with Crippen LogP contribution in [0.25, 0.3) is 0 Å². The summed E-state index contributed by atoms with van der Waals surface area (Å²) in [6.45, 7) is 8.27. The Morgan fingerprint density at radius 2 is 2.14 bits per heavy atom. The van der Waals surface area contributed by atoms with E-state index in [0.717, 1.165) is 24.3 Å². The molecular formula is C18H29FN2. The molecule has 1 aliphatic rings. The van der Waals surface area contributed by atoms with Crippen LogP contribution in [0.3, 0.4) is 0 Å². The highest BCUT2D eigenvalue weighted by Crippen LogP contribution is 2.34. The Balaban J connectivity index is 2.34. The van der Waals surface area contributed by atoms with Crippen LogP contribution in [0.1, 0.15) is 64.5 Å². The molecule has 2 atom stereocenters. The molecule has 0 saturated carbocycles. The lowest BCUT2D eigenvalue weighted by molar-refractivity contribution is 0.430. The Morgan fingerprint density at radius 1 is 1.33 bits per heavy atom. The summed E-state index contributed by atoms with van der Waals surface area (Å²) in [4.78, 5) is 2.46. The van der Waals surface area contributed by atoms with E-state index in [1.807, 2.05) is 6.07 Å². The number of piperidine rings is 1. The Bertz CT molecular complexity index is 445. The molecule has 0 amide bonds. The fourth-order valence-corrected chi connectivity index (χ4v) is 3.56. The van der Waals surface area contributed by atoms with Gasteiger partial charge in [-0.25, -0.2) is 4.39 Å². The van der Waals surface area contributed by atoms with Crippen LogP contribution >= 0.6 is 0 Å². The van der Waals surface area contributed by atoms with Crippen LogP contribution in [0.4, 0.5) is 10.1 Å². The maximum Gasteiger partial charge on any atom is 0.130 e. The molecule has 0 radical (unpaired) electrons. The minimum absolute atomic E-state index is 0.0513. The van der Waals surface area contributed by atoms with Crippen molar-refractivity contribution in [2.24, 2.45) is 0 Å². The van der Waals surface area contributed by atoms with Gasteiger partial charge >= 0.3 is 0 Å². The smallest absolute Gasteiger partial charge is 0.130 e. The highest BCUT2D eigenvalue weighted by Gasteiger charge is 2.26. The largest absolute Gasteiger partial charge is 0.368 e. The van der Waals surface area contributed by atoms with Crippen LogP contribution in [0.15, 0.2) is 18.2 Å². The van der Waals surface area contributed by atoms with E-state index in [9.17, 15) is 4.39 Å². The standard InChI is InChI=1S/C18H29FN2/c1-4-9-15-10-6-7-13-21(15)17-12-8-11-16(19)18(17)14(3)20-5-2/h8,11-12,14-15,20H,4-7,9-10,13H2,1-3H3. The number of nitrogens with zero attached hydrogens (tertiary/aromatic N) is 1. The normalized spacial score (nSPS) is 20.6. The number of hydrogen-bond acceptors (Lipinski definition) is 2. The molecule has 2 nitrogen and oxygen atoms in total. The van der Waals surface area contributed by atoms with Gasteiger partial charge < -0.3 is 10.2 Å². The number of anilines is 1. The van der Waals surface area contributed by atoms with E-state index < -0.39 is 0 Å². The highest BCUT2D eigenvalue weighted by molar-refractivity contribution is 5.56. The summed E-state index contributed by atoms with van der Waals surface area (Å²) in [5.74, 6) is -0.0817. The van der Waals surface area contributed by atoms with Gasteiger partial charge in [0.2, 0.25) is 0 Å². The molecule has 1 saturated heterocycles. The molecule has 0 aromatic heterocycles. The molecular weight excluding hydrogens is 263 g/mol. The zero-order chi connectivity index (χ0) is 15.2. The van der Waals surface area contributed by atoms with Gasteiger partial charge in [-0.05, 0) is 51.3 Å². The van der Waals surface area contributed by atoms with Gasteiger partial charge in [0.15, 0.2) is 0 Å². The molecule has 2 unspecified atom stereocenters. The lowest BCUT2D eigenvalue weighted by atomic mass is 9.95. The maximum absolute atomic E-state index is 14.4. The van der Waals surface area contributed by atoms with Crippen molar-refractivity contribution in [3.63, 3.8) is 0 Å². The summed E-state index contributed by atoms with van der Waals surface area (Å²) in [7, 11) is 0. The van der Waals surface area contributed by atoms with Crippen molar-refractivity contribution in [1.82, 2.24) is 5.32 Å². The first kappa shape index (κ1) is 16.3. The molecule has 3 heteroatoms. The highest BCUT2D eigenvalue weighted by atomic mass is 19.1. The third-order valence-corrected chi connectivity index (χ3v) is 4.53. The van der Waals surface area contributed by atoms with E-state index in [1.165, 1.54) is 32.1 Å². The predicted molar refractivity (Wildman–Crippen MR) is 88.4 cm³/mol. The van der Waals surface area contributed by atoms with Gasteiger partial charge in [0.25, 0.3) is 0 Å². The summed E-state index contributed by atoms with van der Waals surface area (Å²) in [5.41, 5.74) is 1.93. The quantitative estimate of drug-likeness (QED) is 0.820. The van der Waals surface area contributed by atoms with Crippen LogP contribution in [0.5, 0.6) is 0 Å². The molecule has 1 aromatic carbocycles. The second-order valence-corrected chi connectivity index (χ2v) is 6.08. The lowest BCUT2D eigenvalue weighted by Gasteiger charge is -2.39. The zero-order valence-corrected chi connectivity index (χ0v) is 13.7. The van der Waals surface area contributed by atoms with Crippen LogP contribution in [0.2, 0.25) is 0 Å². The third kappa shape index (κ3) is 3.76. The molecule has 1 aromatic rings. The van der Waals surface area contributed by atoms with E-state index in [4.69, 9.17) is 0 Å². The van der Waals surface area contributed by atoms with Gasteiger partial charge in [-0.3, -0.25) is 0 Å². The van der Waals surface area contributed by atoms with Gasteiger partial charge in [-0.2, -0.15) is 0 Å². The Kier molecular flexibility index (Phi) is 6.04. The monoisotopic (exact) mass is 292 g/mol. The van der Waals surface area contributed by atoms with E-state index in [0.29, 0.717) is 6.04 Å². The summed E-state index contributed by atoms with van der Waals surface area (Å²) < 4.78 is 14.4. The fraction of sp³-hybridized carbons (Fsp3) is 0.667. The van der Waals surface area contributed by atoms with Crippen LogP contribution in [-0.4, -0.2) is 19.1 Å². The summed E-state index contributed by atoms with van der Waals surface area (Å²) in [5, 5.41) is 3.36. The molecule has 118 valence electrons. The average molecular weight is 292 g/mol. The molecule has 2 rings (SSSR count). The molecule has 1 fully saturated rings. The molecule has 21 heavy (non-hydrogen) atoms. The molecule has 1 aliphatic heterocycles. The van der Waals surface area contributed by atoms with Gasteiger partial charge in [0.05, 0.1) is 0 Å². The van der Waals surface area contributed by atoms with Crippen molar-refractivity contribution < 1.29 is 4.39 Å². The van der Waals surface area contributed by atoms with Gasteiger partial charge in [-0.15, -0.1) is 0 Å². The summed E-state index contributed by atoms with van der Waals surface area (Å²) >= 11 is 0. The number of rotatable bonds is 6. The molecule has 0 bridgehead atoms. The predicted octanol–water partition coefficient (Wildman–Crippen LogP) is 4.66. The molecule has 1 heterocycles. The van der Waals surface area contributed by atoms with Gasteiger partial charge in [-0.1, -0.05) is 26.3 Å². The first-order chi connectivity index (χ1) is 10.2. The zero-order valence-electron chi connectivity index (χ0n) is 13.7. The second-order valence-electron chi connectivity index (χ2n) is 6.08. The fourth-order valence-electron chi connectivity index (χ4n) is 3.56. The maximum atomic E-state index is 14.4. The Hall–Kier alpha value is -1.09. The van der Waals surface area contributed by atoms with Crippen LogP contribution in [0, 0.1) is 5.82 Å². The van der Waals surface area contributed by atoms with Crippen molar-refractivity contribution >= 4 is 5.69 Å². The van der Waals surface area contributed by atoms with E-state index in [-0.39, 0.29) is 11.9 Å². The van der Waals surface area contributed by atoms with Crippen molar-refractivity contribution in [3.05, 3.63) is 29.6 Å². The van der Waals surface area contributed by atoms with E-state index in [2.05, 4.69) is 37.1 Å². The number of benzene rings is 1. The first-order valence-electron chi connectivity index (χ1n) is 8.47. The van der Waals surface area contributed by atoms with E-state index >= 15 is 0 Å². The minimum Gasteiger partial charge on any atom is -0.368 e. The van der Waals surface area contributed by atoms with Crippen molar-refractivity contribution in [3.8, 4) is 0 Å².